The van der Waals surface area contributed by atoms with Crippen molar-refractivity contribution in [2.24, 2.45) is 0 Å². The van der Waals surface area contributed by atoms with Crippen molar-refractivity contribution in [2.75, 3.05) is 13.1 Å². The summed E-state index contributed by atoms with van der Waals surface area (Å²) < 4.78 is 78.0. The molecule has 27 heavy (non-hydrogen) atoms. The number of nitrogens with one attached hydrogen (secondary N) is 2. The lowest BCUT2D eigenvalue weighted by atomic mass is 10.1. The molecule has 0 aliphatic heterocycles. The van der Waals surface area contributed by atoms with E-state index in [-0.39, 0.29) is 13.1 Å². The van der Waals surface area contributed by atoms with E-state index in [1.165, 1.54) is 6.07 Å². The van der Waals surface area contributed by atoms with Gasteiger partial charge < -0.3 is 10.6 Å². The first-order valence-electron chi connectivity index (χ1n) is 7.49. The van der Waals surface area contributed by atoms with Gasteiger partial charge in [-0.25, -0.2) is 13.2 Å². The average Bonchev–Trinajstić information content (AvgIpc) is 2.62. The normalized spacial score (nSPS) is 11.2. The molecule has 2 N–H and O–H groups in total. The Labute approximate surface area is 149 Å². The van der Waals surface area contributed by atoms with Crippen LogP contribution in [0, 0.1) is 17.5 Å². The first-order chi connectivity index (χ1) is 12.6. The van der Waals surface area contributed by atoms with Gasteiger partial charge in [0.25, 0.3) is 11.8 Å². The third-order valence-electron chi connectivity index (χ3n) is 3.45. The number of rotatable bonds is 5. The van der Waals surface area contributed by atoms with E-state index in [9.17, 15) is 35.9 Å². The Hall–Kier alpha value is -3.04. The number of halogens is 6. The Morgan fingerprint density at radius 1 is 0.778 bits per heavy atom. The van der Waals surface area contributed by atoms with Gasteiger partial charge in [-0.15, -0.1) is 0 Å². The molecule has 2 amide bonds. The van der Waals surface area contributed by atoms with E-state index in [4.69, 9.17) is 0 Å². The van der Waals surface area contributed by atoms with Gasteiger partial charge in [0, 0.05) is 13.1 Å². The second-order valence-corrected chi connectivity index (χ2v) is 5.28. The number of alkyl halides is 3. The van der Waals surface area contributed by atoms with Crippen LogP contribution in [0.25, 0.3) is 0 Å². The minimum atomic E-state index is -4.72. The molecule has 2 aromatic rings. The fourth-order valence-corrected chi connectivity index (χ4v) is 2.17. The molecule has 4 nitrogen and oxygen atoms in total. The number of carbonyl (C=O) groups is 2. The zero-order chi connectivity index (χ0) is 20.2. The highest BCUT2D eigenvalue weighted by Crippen LogP contribution is 2.31. The summed E-state index contributed by atoms with van der Waals surface area (Å²) in [6.45, 7) is -0.556. The van der Waals surface area contributed by atoms with Crippen molar-refractivity contribution in [1.82, 2.24) is 10.6 Å². The van der Waals surface area contributed by atoms with E-state index in [2.05, 4.69) is 10.6 Å². The predicted molar refractivity (Wildman–Crippen MR) is 82.4 cm³/mol. The van der Waals surface area contributed by atoms with Crippen LogP contribution in [0.5, 0.6) is 0 Å². The molecule has 0 heterocycles. The van der Waals surface area contributed by atoms with Crippen LogP contribution in [0.15, 0.2) is 36.4 Å². The predicted octanol–water partition coefficient (Wildman–Crippen LogP) is 3.28. The van der Waals surface area contributed by atoms with Crippen molar-refractivity contribution in [3.05, 3.63) is 70.5 Å². The minimum absolute atomic E-state index is 0.276. The number of amides is 2. The Morgan fingerprint density at radius 2 is 1.33 bits per heavy atom. The van der Waals surface area contributed by atoms with Crippen molar-refractivity contribution in [1.29, 1.82) is 0 Å². The van der Waals surface area contributed by atoms with Crippen molar-refractivity contribution in [3.63, 3.8) is 0 Å². The Kier molecular flexibility index (Phi) is 6.09. The summed E-state index contributed by atoms with van der Waals surface area (Å²) in [5, 5.41) is 4.31. The lowest BCUT2D eigenvalue weighted by Crippen LogP contribution is -2.35. The first kappa shape index (κ1) is 20.3. The standard InChI is InChI=1S/C17H12F6N2O2/c18-12-6-5-10(13(19)14(12)20)16(27)25-8-7-24-15(26)9-3-1-2-4-11(9)17(21,22)23/h1-6H,7-8H2,(H,24,26)(H,25,27). The molecule has 0 fully saturated rings. The number of carbonyl (C=O) groups excluding carboxylic acids is 2. The molecule has 0 atom stereocenters. The first-order valence-corrected chi connectivity index (χ1v) is 7.49. The van der Waals surface area contributed by atoms with Crippen molar-refractivity contribution >= 4 is 11.8 Å². The van der Waals surface area contributed by atoms with Crippen molar-refractivity contribution in [3.8, 4) is 0 Å². The van der Waals surface area contributed by atoms with E-state index in [0.29, 0.717) is 6.07 Å². The second kappa shape index (κ2) is 8.11. The summed E-state index contributed by atoms with van der Waals surface area (Å²) in [7, 11) is 0. The molecule has 2 rings (SSSR count). The molecule has 0 unspecified atom stereocenters. The maximum absolute atomic E-state index is 13.5. The molecule has 0 saturated heterocycles. The van der Waals surface area contributed by atoms with Gasteiger partial charge in [-0.1, -0.05) is 12.1 Å². The molecule has 2 aromatic carbocycles. The second-order valence-electron chi connectivity index (χ2n) is 5.28. The van der Waals surface area contributed by atoms with Crippen LogP contribution in [0.3, 0.4) is 0 Å². The van der Waals surface area contributed by atoms with Crippen molar-refractivity contribution in [2.45, 2.75) is 6.18 Å². The zero-order valence-electron chi connectivity index (χ0n) is 13.5. The third-order valence-corrected chi connectivity index (χ3v) is 3.45. The summed E-state index contributed by atoms with van der Waals surface area (Å²) in [6, 6.07) is 5.45. The maximum Gasteiger partial charge on any atom is 0.417 e. The summed E-state index contributed by atoms with van der Waals surface area (Å²) in [6.07, 6.45) is -4.72. The van der Waals surface area contributed by atoms with Gasteiger partial charge in [0.2, 0.25) is 0 Å². The average molecular weight is 390 g/mol. The molecular formula is C17H12F6N2O2. The van der Waals surface area contributed by atoms with Crippen LogP contribution < -0.4 is 10.6 Å². The topological polar surface area (TPSA) is 58.2 Å². The van der Waals surface area contributed by atoms with E-state index in [0.717, 1.165) is 24.3 Å². The van der Waals surface area contributed by atoms with Crippen molar-refractivity contribution < 1.29 is 35.9 Å². The Morgan fingerprint density at radius 3 is 1.93 bits per heavy atom. The number of hydrogen-bond acceptors (Lipinski definition) is 2. The molecule has 0 bridgehead atoms. The Bertz CT molecular complexity index is 867. The fourth-order valence-electron chi connectivity index (χ4n) is 2.17. The van der Waals surface area contributed by atoms with Gasteiger partial charge in [-0.2, -0.15) is 13.2 Å². The van der Waals surface area contributed by atoms with Gasteiger partial charge in [-0.3, -0.25) is 9.59 Å². The summed E-state index contributed by atoms with van der Waals surface area (Å²) in [5.41, 5.74) is -2.46. The molecular weight excluding hydrogens is 378 g/mol. The molecule has 0 radical (unpaired) electrons. The van der Waals surface area contributed by atoms with Gasteiger partial charge >= 0.3 is 6.18 Å². The van der Waals surface area contributed by atoms with Crippen LogP contribution in [0.4, 0.5) is 26.3 Å². The highest BCUT2D eigenvalue weighted by molar-refractivity contribution is 5.96. The Balaban J connectivity index is 1.94. The summed E-state index contributed by atoms with van der Waals surface area (Å²) in [4.78, 5) is 23.6. The highest BCUT2D eigenvalue weighted by atomic mass is 19.4. The van der Waals surface area contributed by atoms with Gasteiger partial charge in [-0.05, 0) is 24.3 Å². The van der Waals surface area contributed by atoms with Crippen LogP contribution in [-0.2, 0) is 6.18 Å². The quantitative estimate of drug-likeness (QED) is 0.468. The van der Waals surface area contributed by atoms with E-state index in [1.54, 1.807) is 0 Å². The minimum Gasteiger partial charge on any atom is -0.350 e. The van der Waals surface area contributed by atoms with E-state index >= 15 is 0 Å². The zero-order valence-corrected chi connectivity index (χ0v) is 13.5. The van der Waals surface area contributed by atoms with Gasteiger partial charge in [0.15, 0.2) is 17.5 Å². The number of hydrogen-bond donors (Lipinski definition) is 2. The molecule has 0 aromatic heterocycles. The fraction of sp³-hybridized carbons (Fsp3) is 0.176. The van der Waals surface area contributed by atoms with Gasteiger partial charge in [0.05, 0.1) is 16.7 Å². The molecule has 144 valence electrons. The van der Waals surface area contributed by atoms with Crippen LogP contribution in [-0.4, -0.2) is 24.9 Å². The monoisotopic (exact) mass is 390 g/mol. The van der Waals surface area contributed by atoms with Crippen LogP contribution in [0.1, 0.15) is 26.3 Å². The molecule has 0 spiro atoms. The van der Waals surface area contributed by atoms with E-state index < -0.39 is 52.1 Å². The third kappa shape index (κ3) is 4.78. The maximum atomic E-state index is 13.5. The highest BCUT2D eigenvalue weighted by Gasteiger charge is 2.34. The lowest BCUT2D eigenvalue weighted by Gasteiger charge is -2.13. The van der Waals surface area contributed by atoms with Crippen LogP contribution >= 0.6 is 0 Å². The molecule has 0 aliphatic rings. The van der Waals surface area contributed by atoms with Gasteiger partial charge in [0.1, 0.15) is 0 Å². The molecule has 0 aliphatic carbocycles. The SMILES string of the molecule is O=C(NCCNC(=O)c1ccc(F)c(F)c1F)c1ccccc1C(F)(F)F. The molecule has 10 heteroatoms. The molecule has 0 saturated carbocycles. The van der Waals surface area contributed by atoms with E-state index in [1.807, 2.05) is 0 Å². The lowest BCUT2D eigenvalue weighted by molar-refractivity contribution is -0.137. The summed E-state index contributed by atoms with van der Waals surface area (Å²) in [5.74, 6) is -7.03. The summed E-state index contributed by atoms with van der Waals surface area (Å²) >= 11 is 0. The smallest absolute Gasteiger partial charge is 0.350 e. The number of benzene rings is 2. The largest absolute Gasteiger partial charge is 0.417 e. The van der Waals surface area contributed by atoms with Crippen LogP contribution in [0.2, 0.25) is 0 Å².